The van der Waals surface area contributed by atoms with Crippen LogP contribution in [0, 0.1) is 0 Å². The molecule has 2 aliphatic rings. The Morgan fingerprint density at radius 1 is 1.39 bits per heavy atom. The second-order valence-corrected chi connectivity index (χ2v) is 5.23. The fourth-order valence-electron chi connectivity index (χ4n) is 2.66. The first kappa shape index (κ1) is 13.1. The molecule has 18 heavy (non-hydrogen) atoms. The molecule has 0 aromatic carbocycles. The van der Waals surface area contributed by atoms with Gasteiger partial charge in [-0.3, -0.25) is 0 Å². The molecule has 2 amide bonds. The Balaban J connectivity index is 2.15. The summed E-state index contributed by atoms with van der Waals surface area (Å²) in [6.07, 6.45) is 1.26. The van der Waals surface area contributed by atoms with E-state index >= 15 is 0 Å². The average Bonchev–Trinajstić information content (AvgIpc) is 2.72. The molecule has 6 heteroatoms. The Morgan fingerprint density at radius 2 is 2.11 bits per heavy atom. The molecule has 2 heterocycles. The van der Waals surface area contributed by atoms with Crippen LogP contribution in [0.3, 0.4) is 0 Å². The largest absolute Gasteiger partial charge is 0.480 e. The van der Waals surface area contributed by atoms with Crippen molar-refractivity contribution in [1.82, 2.24) is 9.80 Å². The van der Waals surface area contributed by atoms with Gasteiger partial charge in [-0.1, -0.05) is 0 Å². The predicted molar refractivity (Wildman–Crippen MR) is 64.4 cm³/mol. The number of aliphatic carboxylic acids is 1. The summed E-state index contributed by atoms with van der Waals surface area (Å²) in [5, 5.41) is 9.32. The molecule has 0 aromatic heterocycles. The average molecular weight is 256 g/mol. The van der Waals surface area contributed by atoms with Crippen LogP contribution in [0.5, 0.6) is 0 Å². The van der Waals surface area contributed by atoms with Crippen LogP contribution in [0.4, 0.5) is 4.79 Å². The monoisotopic (exact) mass is 256 g/mol. The second-order valence-electron chi connectivity index (χ2n) is 5.23. The van der Waals surface area contributed by atoms with Gasteiger partial charge >= 0.3 is 12.0 Å². The molecule has 2 saturated heterocycles. The molecular formula is C12H20N2O4. The van der Waals surface area contributed by atoms with E-state index in [9.17, 15) is 14.7 Å². The van der Waals surface area contributed by atoms with Crippen molar-refractivity contribution in [2.24, 2.45) is 0 Å². The van der Waals surface area contributed by atoms with E-state index in [1.165, 1.54) is 4.90 Å². The minimum atomic E-state index is -1.06. The molecule has 2 unspecified atom stereocenters. The van der Waals surface area contributed by atoms with Crippen molar-refractivity contribution in [3.05, 3.63) is 0 Å². The van der Waals surface area contributed by atoms with Gasteiger partial charge in [-0.25, -0.2) is 9.59 Å². The SMILES string of the molecule is CC1COCCN1C(=O)N1CCCC1(C)C(=O)O. The zero-order valence-corrected chi connectivity index (χ0v) is 10.9. The van der Waals surface area contributed by atoms with E-state index in [4.69, 9.17) is 4.74 Å². The Labute approximate surface area is 106 Å². The van der Waals surface area contributed by atoms with Crippen molar-refractivity contribution in [2.45, 2.75) is 38.3 Å². The number of carboxylic acid groups (broad SMARTS) is 1. The summed E-state index contributed by atoms with van der Waals surface area (Å²) in [6.45, 7) is 5.64. The summed E-state index contributed by atoms with van der Waals surface area (Å²) < 4.78 is 5.30. The summed E-state index contributed by atoms with van der Waals surface area (Å²) in [5.74, 6) is -0.922. The summed E-state index contributed by atoms with van der Waals surface area (Å²) in [5.41, 5.74) is -1.06. The molecular weight excluding hydrogens is 236 g/mol. The number of ether oxygens (including phenoxy) is 1. The topological polar surface area (TPSA) is 70.1 Å². The molecule has 2 fully saturated rings. The normalized spacial score (nSPS) is 32.7. The lowest BCUT2D eigenvalue weighted by atomic mass is 9.99. The lowest BCUT2D eigenvalue weighted by Gasteiger charge is -2.40. The third-order valence-corrected chi connectivity index (χ3v) is 3.95. The van der Waals surface area contributed by atoms with E-state index in [1.54, 1.807) is 11.8 Å². The van der Waals surface area contributed by atoms with Crippen LogP contribution in [-0.4, -0.2) is 64.8 Å². The van der Waals surface area contributed by atoms with Gasteiger partial charge in [-0.2, -0.15) is 0 Å². The number of morpholine rings is 1. The molecule has 0 spiro atoms. The summed E-state index contributed by atoms with van der Waals surface area (Å²) in [6, 6.07) is -0.168. The standard InChI is InChI=1S/C12H20N2O4/c1-9-8-18-7-6-13(9)11(17)14-5-3-4-12(14,2)10(15)16/h9H,3-8H2,1-2H3,(H,15,16). The molecule has 2 atom stereocenters. The van der Waals surface area contributed by atoms with Crippen molar-refractivity contribution < 1.29 is 19.4 Å². The molecule has 102 valence electrons. The third kappa shape index (κ3) is 2.05. The van der Waals surface area contributed by atoms with Gasteiger partial charge in [0.1, 0.15) is 5.54 Å². The van der Waals surface area contributed by atoms with Crippen LogP contribution in [0.15, 0.2) is 0 Å². The van der Waals surface area contributed by atoms with Crippen molar-refractivity contribution >= 4 is 12.0 Å². The first-order valence-electron chi connectivity index (χ1n) is 6.36. The van der Waals surface area contributed by atoms with Crippen LogP contribution in [0.25, 0.3) is 0 Å². The van der Waals surface area contributed by atoms with Crippen molar-refractivity contribution in [3.63, 3.8) is 0 Å². The van der Waals surface area contributed by atoms with Crippen LogP contribution in [-0.2, 0) is 9.53 Å². The van der Waals surface area contributed by atoms with E-state index in [0.717, 1.165) is 6.42 Å². The molecule has 0 aromatic rings. The minimum Gasteiger partial charge on any atom is -0.480 e. The quantitative estimate of drug-likeness (QED) is 0.752. The summed E-state index contributed by atoms with van der Waals surface area (Å²) in [4.78, 5) is 27.0. The number of carbonyl (C=O) groups excluding carboxylic acids is 1. The number of hydrogen-bond donors (Lipinski definition) is 1. The fraction of sp³-hybridized carbons (Fsp3) is 0.833. The Kier molecular flexibility index (Phi) is 3.47. The maximum absolute atomic E-state index is 12.5. The van der Waals surface area contributed by atoms with Gasteiger partial charge in [0.25, 0.3) is 0 Å². The van der Waals surface area contributed by atoms with Gasteiger partial charge in [-0.15, -0.1) is 0 Å². The van der Waals surface area contributed by atoms with E-state index in [1.807, 2.05) is 6.92 Å². The second kappa shape index (κ2) is 4.76. The van der Waals surface area contributed by atoms with Crippen molar-refractivity contribution in [3.8, 4) is 0 Å². The van der Waals surface area contributed by atoms with E-state index in [0.29, 0.717) is 32.7 Å². The highest BCUT2D eigenvalue weighted by Gasteiger charge is 2.47. The van der Waals surface area contributed by atoms with Gasteiger partial charge in [0.15, 0.2) is 0 Å². The number of carbonyl (C=O) groups is 2. The Morgan fingerprint density at radius 3 is 2.72 bits per heavy atom. The third-order valence-electron chi connectivity index (χ3n) is 3.95. The van der Waals surface area contributed by atoms with E-state index < -0.39 is 11.5 Å². The Bertz CT molecular complexity index is 360. The Hall–Kier alpha value is -1.30. The van der Waals surface area contributed by atoms with Crippen molar-refractivity contribution in [2.75, 3.05) is 26.3 Å². The number of urea groups is 1. The lowest BCUT2D eigenvalue weighted by molar-refractivity contribution is -0.147. The lowest BCUT2D eigenvalue weighted by Crippen LogP contribution is -2.58. The van der Waals surface area contributed by atoms with Crippen molar-refractivity contribution in [1.29, 1.82) is 0 Å². The summed E-state index contributed by atoms with van der Waals surface area (Å²) in [7, 11) is 0. The van der Waals surface area contributed by atoms with Gasteiger partial charge in [0.2, 0.25) is 0 Å². The number of nitrogens with zero attached hydrogens (tertiary/aromatic N) is 2. The molecule has 0 bridgehead atoms. The molecule has 2 rings (SSSR count). The van der Waals surface area contributed by atoms with Gasteiger partial charge < -0.3 is 19.6 Å². The maximum atomic E-state index is 12.5. The number of rotatable bonds is 1. The molecule has 1 N–H and O–H groups in total. The van der Waals surface area contributed by atoms with Gasteiger partial charge in [0.05, 0.1) is 19.3 Å². The van der Waals surface area contributed by atoms with Crippen LogP contribution < -0.4 is 0 Å². The zero-order valence-electron chi connectivity index (χ0n) is 10.9. The molecule has 6 nitrogen and oxygen atoms in total. The summed E-state index contributed by atoms with van der Waals surface area (Å²) >= 11 is 0. The zero-order chi connectivity index (χ0) is 13.3. The number of hydrogen-bond acceptors (Lipinski definition) is 3. The molecule has 0 saturated carbocycles. The highest BCUT2D eigenvalue weighted by molar-refractivity contribution is 5.86. The predicted octanol–water partition coefficient (Wildman–Crippen LogP) is 0.766. The molecule has 2 aliphatic heterocycles. The maximum Gasteiger partial charge on any atom is 0.329 e. The van der Waals surface area contributed by atoms with E-state index in [2.05, 4.69) is 0 Å². The number of carboxylic acids is 1. The van der Waals surface area contributed by atoms with Crippen LogP contribution in [0.1, 0.15) is 26.7 Å². The molecule has 0 radical (unpaired) electrons. The van der Waals surface area contributed by atoms with Gasteiger partial charge in [-0.05, 0) is 26.7 Å². The molecule has 0 aliphatic carbocycles. The fourth-order valence-corrected chi connectivity index (χ4v) is 2.66. The first-order valence-corrected chi connectivity index (χ1v) is 6.36. The number of likely N-dealkylation sites (tertiary alicyclic amines) is 1. The van der Waals surface area contributed by atoms with Crippen LogP contribution >= 0.6 is 0 Å². The minimum absolute atomic E-state index is 0.00453. The van der Waals surface area contributed by atoms with E-state index in [-0.39, 0.29) is 12.1 Å². The first-order chi connectivity index (χ1) is 8.47. The smallest absolute Gasteiger partial charge is 0.329 e. The number of amides is 2. The van der Waals surface area contributed by atoms with Gasteiger partial charge in [0, 0.05) is 13.1 Å². The van der Waals surface area contributed by atoms with Crippen LogP contribution in [0.2, 0.25) is 0 Å². The highest BCUT2D eigenvalue weighted by Crippen LogP contribution is 2.30. The highest BCUT2D eigenvalue weighted by atomic mass is 16.5.